The number of halogens is 3. The number of hydrogen-bond donors (Lipinski definition) is 2. The average molecular weight is 405 g/mol. The summed E-state index contributed by atoms with van der Waals surface area (Å²) in [6.07, 6.45) is -4.61. The van der Waals surface area contributed by atoms with Gasteiger partial charge in [-0.1, -0.05) is 23.9 Å². The van der Waals surface area contributed by atoms with Crippen molar-refractivity contribution in [1.29, 1.82) is 0 Å². The van der Waals surface area contributed by atoms with E-state index in [0.717, 1.165) is 16.3 Å². The molecule has 140 valence electrons. The zero-order chi connectivity index (χ0) is 19.3. The number of benzene rings is 1. The fourth-order valence-electron chi connectivity index (χ4n) is 1.85. The van der Waals surface area contributed by atoms with Gasteiger partial charge < -0.3 is 15.6 Å². The molecule has 3 N–H and O–H groups in total. The number of anilines is 1. The van der Waals surface area contributed by atoms with Gasteiger partial charge in [0.15, 0.2) is 5.16 Å². The molecule has 1 aromatic heterocycles. The topological polar surface area (TPSA) is 103 Å². The summed E-state index contributed by atoms with van der Waals surface area (Å²) in [6.45, 7) is 0. The van der Waals surface area contributed by atoms with E-state index < -0.39 is 23.8 Å². The number of alkyl halides is 3. The van der Waals surface area contributed by atoms with Crippen LogP contribution in [0.2, 0.25) is 0 Å². The number of primary amides is 1. The molecular weight excluding hydrogens is 391 g/mol. The normalized spacial score (nSPS) is 11.4. The molecule has 0 aliphatic carbocycles. The van der Waals surface area contributed by atoms with Crippen molar-refractivity contribution in [3.05, 3.63) is 30.1 Å². The lowest BCUT2D eigenvalue weighted by Crippen LogP contribution is -2.16. The minimum atomic E-state index is -4.61. The van der Waals surface area contributed by atoms with Gasteiger partial charge in [-0.25, -0.2) is 0 Å². The van der Waals surface area contributed by atoms with Gasteiger partial charge in [0, 0.05) is 11.9 Å². The molecular formula is C14H14F3N5O2S2. The van der Waals surface area contributed by atoms with E-state index in [9.17, 15) is 22.8 Å². The van der Waals surface area contributed by atoms with Crippen LogP contribution in [-0.2, 0) is 22.8 Å². The lowest BCUT2D eigenvalue weighted by Gasteiger charge is -2.10. The third kappa shape index (κ3) is 5.39. The van der Waals surface area contributed by atoms with Crippen molar-refractivity contribution in [3.63, 3.8) is 0 Å². The largest absolute Gasteiger partial charge is 0.451 e. The highest BCUT2D eigenvalue weighted by Gasteiger charge is 2.37. The predicted octanol–water partition coefficient (Wildman–Crippen LogP) is 2.14. The molecule has 2 aromatic rings. The van der Waals surface area contributed by atoms with Crippen LogP contribution in [0.5, 0.6) is 0 Å². The summed E-state index contributed by atoms with van der Waals surface area (Å²) in [4.78, 5) is 23.6. The molecule has 0 fully saturated rings. The van der Waals surface area contributed by atoms with E-state index >= 15 is 0 Å². The van der Waals surface area contributed by atoms with Crippen LogP contribution in [0.1, 0.15) is 5.82 Å². The number of nitrogens with zero attached hydrogens (tertiary/aromatic N) is 3. The van der Waals surface area contributed by atoms with Crippen molar-refractivity contribution in [2.75, 3.05) is 16.8 Å². The quantitative estimate of drug-likeness (QED) is 0.684. The Kier molecular flexibility index (Phi) is 6.53. The molecule has 0 aliphatic rings. The van der Waals surface area contributed by atoms with Crippen LogP contribution in [-0.4, -0.2) is 38.1 Å². The number of amides is 2. The molecule has 0 spiro atoms. The summed E-state index contributed by atoms with van der Waals surface area (Å²) in [5.74, 6) is -2.15. The third-order valence-corrected chi connectivity index (χ3v) is 5.07. The van der Waals surface area contributed by atoms with E-state index in [1.165, 1.54) is 18.8 Å². The van der Waals surface area contributed by atoms with Crippen molar-refractivity contribution in [1.82, 2.24) is 14.8 Å². The van der Waals surface area contributed by atoms with E-state index in [2.05, 4.69) is 15.5 Å². The first-order valence-electron chi connectivity index (χ1n) is 7.08. The molecule has 1 aromatic carbocycles. The van der Waals surface area contributed by atoms with Gasteiger partial charge >= 0.3 is 6.18 Å². The Labute approximate surface area is 154 Å². The van der Waals surface area contributed by atoms with Crippen molar-refractivity contribution in [2.45, 2.75) is 16.2 Å². The Hall–Kier alpha value is -2.21. The zero-order valence-electron chi connectivity index (χ0n) is 13.4. The lowest BCUT2D eigenvalue weighted by molar-refractivity contribution is -0.147. The van der Waals surface area contributed by atoms with Gasteiger partial charge in [0.25, 0.3) is 0 Å². The molecule has 0 unspecified atom stereocenters. The van der Waals surface area contributed by atoms with Gasteiger partial charge in [-0.15, -0.1) is 22.0 Å². The maximum atomic E-state index is 12.7. The molecule has 0 radical (unpaired) electrons. The second kappa shape index (κ2) is 8.45. The van der Waals surface area contributed by atoms with E-state index in [1.807, 2.05) is 0 Å². The number of aromatic nitrogens is 3. The van der Waals surface area contributed by atoms with Crippen LogP contribution >= 0.6 is 23.5 Å². The van der Waals surface area contributed by atoms with Gasteiger partial charge in [-0.05, 0) is 12.1 Å². The average Bonchev–Trinajstić information content (AvgIpc) is 2.93. The molecule has 0 aliphatic heterocycles. The first-order chi connectivity index (χ1) is 12.2. The van der Waals surface area contributed by atoms with Gasteiger partial charge in [0.1, 0.15) is 0 Å². The second-order valence-corrected chi connectivity index (χ2v) is 6.91. The maximum Gasteiger partial charge on any atom is 0.451 e. The molecule has 26 heavy (non-hydrogen) atoms. The third-order valence-electron chi connectivity index (χ3n) is 2.95. The van der Waals surface area contributed by atoms with Crippen LogP contribution in [0, 0.1) is 0 Å². The van der Waals surface area contributed by atoms with E-state index in [4.69, 9.17) is 5.73 Å². The number of nitrogens with one attached hydrogen (secondary N) is 1. The summed E-state index contributed by atoms with van der Waals surface area (Å²) in [6, 6.07) is 6.81. The molecule has 0 saturated carbocycles. The first-order valence-corrected chi connectivity index (χ1v) is 9.05. The molecule has 7 nitrogen and oxygen atoms in total. The van der Waals surface area contributed by atoms with E-state index in [0.29, 0.717) is 10.6 Å². The smallest absolute Gasteiger partial charge is 0.369 e. The fourth-order valence-corrected chi connectivity index (χ4v) is 3.31. The summed E-state index contributed by atoms with van der Waals surface area (Å²) in [7, 11) is 1.18. The fraction of sp³-hybridized carbons (Fsp3) is 0.286. The number of carbonyl (C=O) groups is 2. The summed E-state index contributed by atoms with van der Waals surface area (Å²) in [5.41, 5.74) is 5.59. The van der Waals surface area contributed by atoms with Crippen LogP contribution < -0.4 is 11.1 Å². The predicted molar refractivity (Wildman–Crippen MR) is 91.7 cm³/mol. The Balaban J connectivity index is 1.98. The minimum absolute atomic E-state index is 0.0242. The number of para-hydroxylation sites is 1. The number of carbonyl (C=O) groups excluding carboxylic acids is 2. The van der Waals surface area contributed by atoms with Gasteiger partial charge in [0.2, 0.25) is 17.6 Å². The standard InChI is InChI=1S/C14H14F3N5O2S2/c1-22-12(14(15,16)17)20-21-13(22)26-7-11(24)19-8-4-2-3-5-9(8)25-6-10(18)23/h2-5H,6-7H2,1H3,(H2,18,23)(H,19,24). The maximum absolute atomic E-state index is 12.7. The van der Waals surface area contributed by atoms with Crippen LogP contribution in [0.25, 0.3) is 0 Å². The summed E-state index contributed by atoms with van der Waals surface area (Å²) < 4.78 is 38.8. The van der Waals surface area contributed by atoms with Gasteiger partial charge in [0.05, 0.1) is 17.2 Å². The first kappa shape index (κ1) is 20.1. The van der Waals surface area contributed by atoms with Gasteiger partial charge in [-0.3, -0.25) is 9.59 Å². The second-order valence-electron chi connectivity index (χ2n) is 4.95. The molecule has 0 bridgehead atoms. The highest BCUT2D eigenvalue weighted by molar-refractivity contribution is 8.00. The monoisotopic (exact) mass is 405 g/mol. The van der Waals surface area contributed by atoms with Crippen molar-refractivity contribution in [3.8, 4) is 0 Å². The minimum Gasteiger partial charge on any atom is -0.369 e. The number of thioether (sulfide) groups is 2. The van der Waals surface area contributed by atoms with Crippen molar-refractivity contribution in [2.24, 2.45) is 12.8 Å². The van der Waals surface area contributed by atoms with Crippen LogP contribution in [0.15, 0.2) is 34.3 Å². The Morgan fingerprint density at radius 2 is 1.88 bits per heavy atom. The van der Waals surface area contributed by atoms with Crippen molar-refractivity contribution >= 4 is 41.0 Å². The summed E-state index contributed by atoms with van der Waals surface area (Å²) in [5, 5.41) is 9.16. The lowest BCUT2D eigenvalue weighted by atomic mass is 10.3. The molecule has 2 amide bonds. The highest BCUT2D eigenvalue weighted by Crippen LogP contribution is 2.30. The molecule has 0 atom stereocenters. The molecule has 12 heteroatoms. The summed E-state index contributed by atoms with van der Waals surface area (Å²) >= 11 is 2.00. The number of rotatable bonds is 7. The number of nitrogens with two attached hydrogens (primary N) is 1. The Morgan fingerprint density at radius 1 is 1.19 bits per heavy atom. The molecule has 1 heterocycles. The van der Waals surface area contributed by atoms with Gasteiger partial charge in [-0.2, -0.15) is 13.2 Å². The molecule has 0 saturated heterocycles. The Morgan fingerprint density at radius 3 is 2.50 bits per heavy atom. The number of hydrogen-bond acceptors (Lipinski definition) is 6. The molecule has 2 rings (SSSR count). The van der Waals surface area contributed by atoms with Crippen molar-refractivity contribution < 1.29 is 22.8 Å². The highest BCUT2D eigenvalue weighted by atomic mass is 32.2. The van der Waals surface area contributed by atoms with Crippen LogP contribution in [0.4, 0.5) is 18.9 Å². The van der Waals surface area contributed by atoms with E-state index in [-0.39, 0.29) is 16.7 Å². The van der Waals surface area contributed by atoms with Crippen LogP contribution in [0.3, 0.4) is 0 Å². The zero-order valence-corrected chi connectivity index (χ0v) is 15.0. The SMILES string of the molecule is Cn1c(SCC(=O)Nc2ccccc2SCC(N)=O)nnc1C(F)(F)F. The van der Waals surface area contributed by atoms with E-state index in [1.54, 1.807) is 24.3 Å². The Bertz CT molecular complexity index is 810.